The van der Waals surface area contributed by atoms with Gasteiger partial charge in [0.15, 0.2) is 0 Å². The highest BCUT2D eigenvalue weighted by molar-refractivity contribution is 5.74. The van der Waals surface area contributed by atoms with Crippen molar-refractivity contribution in [1.29, 1.82) is 0 Å². The number of nitrogens with zero attached hydrogens (tertiary/aromatic N) is 3. The molecule has 0 aromatic heterocycles. The van der Waals surface area contributed by atoms with Crippen molar-refractivity contribution in [3.05, 3.63) is 30.1 Å². The predicted molar refractivity (Wildman–Crippen MR) is 108 cm³/mol. The Morgan fingerprint density at radius 2 is 1.85 bits per heavy atom. The zero-order valence-electron chi connectivity index (χ0n) is 17.0. The van der Waals surface area contributed by atoms with E-state index >= 15 is 0 Å². The largest absolute Gasteiger partial charge is 0.369 e. The van der Waals surface area contributed by atoms with Gasteiger partial charge in [-0.3, -0.25) is 4.90 Å². The number of para-hydroxylation sites is 1. The number of hydrogen-bond acceptors (Lipinski definition) is 3. The van der Waals surface area contributed by atoms with E-state index in [1.807, 2.05) is 12.1 Å². The fourth-order valence-corrected chi connectivity index (χ4v) is 4.45. The van der Waals surface area contributed by atoms with Gasteiger partial charge in [-0.25, -0.2) is 9.18 Å². The maximum atomic E-state index is 14.1. The van der Waals surface area contributed by atoms with Crippen molar-refractivity contribution in [2.24, 2.45) is 11.8 Å². The van der Waals surface area contributed by atoms with Gasteiger partial charge >= 0.3 is 6.03 Å². The van der Waals surface area contributed by atoms with E-state index in [1.165, 1.54) is 6.07 Å². The lowest BCUT2D eigenvalue weighted by Crippen LogP contribution is -2.47. The number of urea groups is 1. The minimum absolute atomic E-state index is 0.0122. The van der Waals surface area contributed by atoms with Crippen LogP contribution in [0.2, 0.25) is 0 Å². The number of amides is 2. The van der Waals surface area contributed by atoms with E-state index in [2.05, 4.69) is 29.0 Å². The molecule has 2 amide bonds. The number of nitrogens with one attached hydrogen (secondary N) is 1. The van der Waals surface area contributed by atoms with Gasteiger partial charge in [0.2, 0.25) is 0 Å². The zero-order valence-corrected chi connectivity index (χ0v) is 17.0. The van der Waals surface area contributed by atoms with Gasteiger partial charge in [0.1, 0.15) is 5.82 Å². The van der Waals surface area contributed by atoms with Gasteiger partial charge < -0.3 is 15.1 Å². The van der Waals surface area contributed by atoms with Crippen molar-refractivity contribution in [2.75, 3.05) is 45.2 Å². The molecule has 0 aliphatic carbocycles. The summed E-state index contributed by atoms with van der Waals surface area (Å²) in [5.74, 6) is 0.864. The second-order valence-electron chi connectivity index (χ2n) is 8.48. The summed E-state index contributed by atoms with van der Waals surface area (Å²) in [7, 11) is 3.57. The van der Waals surface area contributed by atoms with Gasteiger partial charge in [0, 0.05) is 52.4 Å². The van der Waals surface area contributed by atoms with Crippen molar-refractivity contribution in [1.82, 2.24) is 15.1 Å². The fourth-order valence-electron chi connectivity index (χ4n) is 4.45. The normalized spacial score (nSPS) is 24.4. The van der Waals surface area contributed by atoms with Crippen LogP contribution in [-0.2, 0) is 0 Å². The summed E-state index contributed by atoms with van der Waals surface area (Å²) in [6.45, 7) is 8.17. The number of carbonyl (C=O) groups excluding carboxylic acids is 1. The van der Waals surface area contributed by atoms with Crippen molar-refractivity contribution in [2.45, 2.75) is 38.8 Å². The third kappa shape index (κ3) is 4.54. The Balaban J connectivity index is 1.59. The molecule has 1 N–H and O–H groups in total. The number of halogens is 1. The van der Waals surface area contributed by atoms with Crippen LogP contribution in [0.3, 0.4) is 0 Å². The molecular weight excluding hydrogens is 343 g/mol. The molecule has 2 saturated heterocycles. The maximum absolute atomic E-state index is 14.1. The first-order chi connectivity index (χ1) is 12.9. The Hall–Kier alpha value is -1.82. The Kier molecular flexibility index (Phi) is 6.25. The van der Waals surface area contributed by atoms with Crippen LogP contribution in [0, 0.1) is 17.7 Å². The van der Waals surface area contributed by atoms with Crippen molar-refractivity contribution >= 4 is 11.7 Å². The average Bonchev–Trinajstić information content (AvgIpc) is 3.06. The number of piperidine rings is 1. The molecule has 0 spiro atoms. The van der Waals surface area contributed by atoms with Crippen LogP contribution in [0.4, 0.5) is 14.9 Å². The van der Waals surface area contributed by atoms with Crippen LogP contribution in [-0.4, -0.2) is 68.2 Å². The fraction of sp³-hybridized carbons (Fsp3) is 0.667. The van der Waals surface area contributed by atoms with E-state index < -0.39 is 0 Å². The van der Waals surface area contributed by atoms with E-state index in [0.717, 1.165) is 39.0 Å². The number of rotatable bonds is 4. The highest BCUT2D eigenvalue weighted by Gasteiger charge is 2.39. The van der Waals surface area contributed by atoms with E-state index in [1.54, 1.807) is 25.1 Å². The van der Waals surface area contributed by atoms with E-state index in [4.69, 9.17) is 0 Å². The zero-order chi connectivity index (χ0) is 19.6. The number of anilines is 1. The van der Waals surface area contributed by atoms with Gasteiger partial charge in [-0.2, -0.15) is 0 Å². The summed E-state index contributed by atoms with van der Waals surface area (Å²) < 4.78 is 14.1. The molecule has 27 heavy (non-hydrogen) atoms. The number of hydrogen-bond donors (Lipinski definition) is 1. The number of benzene rings is 1. The molecule has 2 fully saturated rings. The topological polar surface area (TPSA) is 38.8 Å². The summed E-state index contributed by atoms with van der Waals surface area (Å²) in [4.78, 5) is 18.4. The van der Waals surface area contributed by atoms with Gasteiger partial charge in [-0.1, -0.05) is 26.0 Å². The third-order valence-corrected chi connectivity index (χ3v) is 6.14. The summed E-state index contributed by atoms with van der Waals surface area (Å²) >= 11 is 0. The maximum Gasteiger partial charge on any atom is 0.317 e. The molecule has 2 atom stereocenters. The molecule has 1 aromatic rings. The highest BCUT2D eigenvalue weighted by Crippen LogP contribution is 2.31. The minimum atomic E-state index is -0.136. The van der Waals surface area contributed by atoms with Gasteiger partial charge in [0.05, 0.1) is 5.69 Å². The van der Waals surface area contributed by atoms with Crippen LogP contribution in [0.5, 0.6) is 0 Å². The lowest BCUT2D eigenvalue weighted by Gasteiger charge is -2.38. The predicted octanol–water partition coefficient (Wildman–Crippen LogP) is 3.02. The van der Waals surface area contributed by atoms with Crippen molar-refractivity contribution < 1.29 is 9.18 Å². The molecule has 2 heterocycles. The summed E-state index contributed by atoms with van der Waals surface area (Å²) in [5.41, 5.74) is 0.716. The quantitative estimate of drug-likeness (QED) is 0.878. The standard InChI is InChI=1S/C21H33FN4O/c1-15(2)17-13-26(14-19(17)23-21(27)24(3)4)16-9-11-25(12-10-16)20-8-6-5-7-18(20)22/h5-8,15-17,19H,9-14H2,1-4H3,(H,23,27)/t17-,19+/m0/s1. The molecule has 0 saturated carbocycles. The Morgan fingerprint density at radius 1 is 1.19 bits per heavy atom. The third-order valence-electron chi connectivity index (χ3n) is 6.14. The second kappa shape index (κ2) is 8.46. The number of carbonyl (C=O) groups is 1. The number of likely N-dealkylation sites (tertiary alicyclic amines) is 1. The van der Waals surface area contributed by atoms with Crippen LogP contribution in [0.1, 0.15) is 26.7 Å². The van der Waals surface area contributed by atoms with E-state index in [-0.39, 0.29) is 17.9 Å². The van der Waals surface area contributed by atoms with Crippen LogP contribution in [0.25, 0.3) is 0 Å². The first-order valence-corrected chi connectivity index (χ1v) is 10.1. The Morgan fingerprint density at radius 3 is 2.44 bits per heavy atom. The average molecular weight is 377 g/mol. The molecule has 6 heteroatoms. The van der Waals surface area contributed by atoms with Gasteiger partial charge in [-0.05, 0) is 36.8 Å². The highest BCUT2D eigenvalue weighted by atomic mass is 19.1. The monoisotopic (exact) mass is 376 g/mol. The molecule has 150 valence electrons. The van der Waals surface area contributed by atoms with Crippen LogP contribution >= 0.6 is 0 Å². The first-order valence-electron chi connectivity index (χ1n) is 10.1. The van der Waals surface area contributed by atoms with Gasteiger partial charge in [0.25, 0.3) is 0 Å². The molecule has 0 unspecified atom stereocenters. The molecule has 0 bridgehead atoms. The first kappa shape index (κ1) is 19.9. The molecule has 1 aromatic carbocycles. The summed E-state index contributed by atoms with van der Waals surface area (Å²) in [5, 5.41) is 3.21. The molecule has 2 aliphatic heterocycles. The SMILES string of the molecule is CC(C)[C@@H]1CN(C2CCN(c3ccccc3F)CC2)C[C@H]1NC(=O)N(C)C. The second-order valence-corrected chi connectivity index (χ2v) is 8.48. The van der Waals surface area contributed by atoms with Crippen LogP contribution in [0.15, 0.2) is 24.3 Å². The molecular formula is C21H33FN4O. The lowest BCUT2D eigenvalue weighted by molar-refractivity contribution is 0.193. The van der Waals surface area contributed by atoms with Crippen LogP contribution < -0.4 is 10.2 Å². The molecule has 0 radical (unpaired) electrons. The molecule has 2 aliphatic rings. The minimum Gasteiger partial charge on any atom is -0.369 e. The molecule has 5 nitrogen and oxygen atoms in total. The lowest BCUT2D eigenvalue weighted by atomic mass is 9.91. The molecule has 3 rings (SSSR count). The van der Waals surface area contributed by atoms with Crippen molar-refractivity contribution in [3.8, 4) is 0 Å². The van der Waals surface area contributed by atoms with E-state index in [0.29, 0.717) is 23.6 Å². The summed E-state index contributed by atoms with van der Waals surface area (Å²) in [6, 6.07) is 7.74. The Labute approximate surface area is 162 Å². The van der Waals surface area contributed by atoms with Gasteiger partial charge in [-0.15, -0.1) is 0 Å². The summed E-state index contributed by atoms with van der Waals surface area (Å²) in [6.07, 6.45) is 2.07. The smallest absolute Gasteiger partial charge is 0.317 e. The van der Waals surface area contributed by atoms with E-state index in [9.17, 15) is 9.18 Å². The Bertz CT molecular complexity index is 643. The van der Waals surface area contributed by atoms with Crippen molar-refractivity contribution in [3.63, 3.8) is 0 Å².